The normalized spacial score (nSPS) is 16.3. The molecule has 0 N–H and O–H groups in total. The first-order chi connectivity index (χ1) is 13.0. The van der Waals surface area contributed by atoms with Gasteiger partial charge >= 0.3 is 0 Å². The predicted molar refractivity (Wildman–Crippen MR) is 105 cm³/mol. The van der Waals surface area contributed by atoms with Crippen molar-refractivity contribution in [3.8, 4) is 0 Å². The molecule has 8 heteroatoms. The van der Waals surface area contributed by atoms with Gasteiger partial charge in [-0.2, -0.15) is 9.30 Å². The Morgan fingerprint density at radius 3 is 2.56 bits per heavy atom. The van der Waals surface area contributed by atoms with Crippen LogP contribution in [0.4, 0.5) is 0 Å². The zero-order valence-electron chi connectivity index (χ0n) is 14.8. The Morgan fingerprint density at radius 2 is 1.81 bits per heavy atom. The molecule has 140 valence electrons. The topological polar surface area (TPSA) is 71.7 Å². The summed E-state index contributed by atoms with van der Waals surface area (Å²) in [4.78, 5) is 17.6. The number of amides is 1. The summed E-state index contributed by atoms with van der Waals surface area (Å²) >= 11 is 1.43. The third kappa shape index (κ3) is 3.36. The van der Waals surface area contributed by atoms with Crippen LogP contribution in [-0.2, 0) is 17.1 Å². The Morgan fingerprint density at radius 1 is 1.07 bits per heavy atom. The lowest BCUT2D eigenvalue weighted by Crippen LogP contribution is -2.28. The van der Waals surface area contributed by atoms with Crippen LogP contribution < -0.4 is 4.80 Å². The molecule has 1 aliphatic heterocycles. The number of para-hydroxylation sites is 1. The fraction of sp³-hybridized carbons (Fsp3) is 0.263. The summed E-state index contributed by atoms with van der Waals surface area (Å²) in [5, 5.41) is 0. The maximum absolute atomic E-state index is 12.7. The first kappa shape index (κ1) is 18.1. The molecule has 1 aromatic heterocycles. The molecule has 0 unspecified atom stereocenters. The number of rotatable bonds is 3. The fourth-order valence-electron chi connectivity index (χ4n) is 3.21. The third-order valence-corrected chi connectivity index (χ3v) is 7.70. The van der Waals surface area contributed by atoms with E-state index in [1.807, 2.05) is 35.9 Å². The van der Waals surface area contributed by atoms with Crippen molar-refractivity contribution in [3.05, 3.63) is 58.9 Å². The highest BCUT2D eigenvalue weighted by atomic mass is 32.2. The zero-order chi connectivity index (χ0) is 19.0. The minimum absolute atomic E-state index is 0.145. The van der Waals surface area contributed by atoms with Crippen LogP contribution in [-0.4, -0.2) is 36.3 Å². The van der Waals surface area contributed by atoms with Gasteiger partial charge in [0.15, 0.2) is 4.80 Å². The average molecular weight is 402 g/mol. The lowest BCUT2D eigenvalue weighted by molar-refractivity contribution is 0.0997. The number of aromatic nitrogens is 1. The van der Waals surface area contributed by atoms with E-state index in [0.29, 0.717) is 17.9 Å². The highest BCUT2D eigenvalue weighted by molar-refractivity contribution is 7.89. The van der Waals surface area contributed by atoms with Gasteiger partial charge in [0.2, 0.25) is 10.0 Å². The van der Waals surface area contributed by atoms with Crippen LogP contribution in [0, 0.1) is 0 Å². The Labute approximate surface area is 161 Å². The molecular weight excluding hydrogens is 382 g/mol. The van der Waals surface area contributed by atoms with Gasteiger partial charge in [-0.1, -0.05) is 29.5 Å². The number of thiazole rings is 1. The summed E-state index contributed by atoms with van der Waals surface area (Å²) in [6.07, 6.45) is 1.74. The van der Waals surface area contributed by atoms with E-state index in [0.717, 1.165) is 23.1 Å². The van der Waals surface area contributed by atoms with E-state index < -0.39 is 15.9 Å². The molecule has 1 aliphatic rings. The van der Waals surface area contributed by atoms with Gasteiger partial charge in [-0.15, -0.1) is 0 Å². The molecule has 4 rings (SSSR count). The number of hydrogen-bond donors (Lipinski definition) is 0. The lowest BCUT2D eigenvalue weighted by Gasteiger charge is -2.15. The maximum Gasteiger partial charge on any atom is 0.279 e. The second kappa shape index (κ2) is 7.03. The fourth-order valence-corrected chi connectivity index (χ4v) is 5.79. The Balaban J connectivity index is 1.71. The molecule has 1 amide bonds. The average Bonchev–Trinajstić information content (AvgIpc) is 3.32. The number of carbonyl (C=O) groups excluding carboxylic acids is 1. The minimum Gasteiger partial charge on any atom is -0.319 e. The minimum atomic E-state index is -3.56. The van der Waals surface area contributed by atoms with Crippen LogP contribution in [0.25, 0.3) is 10.2 Å². The van der Waals surface area contributed by atoms with Crippen molar-refractivity contribution in [2.75, 3.05) is 13.1 Å². The second-order valence-corrected chi connectivity index (χ2v) is 9.41. The molecule has 0 spiro atoms. The van der Waals surface area contributed by atoms with E-state index in [1.54, 1.807) is 12.1 Å². The van der Waals surface area contributed by atoms with Crippen molar-refractivity contribution in [1.29, 1.82) is 0 Å². The van der Waals surface area contributed by atoms with Gasteiger partial charge in [0, 0.05) is 25.7 Å². The number of sulfonamides is 1. The number of aryl methyl sites for hydroxylation is 1. The lowest BCUT2D eigenvalue weighted by atomic mass is 10.2. The molecule has 27 heavy (non-hydrogen) atoms. The van der Waals surface area contributed by atoms with Crippen LogP contribution in [0.5, 0.6) is 0 Å². The highest BCUT2D eigenvalue weighted by Crippen LogP contribution is 2.22. The number of hydrogen-bond acceptors (Lipinski definition) is 4. The van der Waals surface area contributed by atoms with Crippen LogP contribution >= 0.6 is 11.3 Å². The molecule has 0 bridgehead atoms. The zero-order valence-corrected chi connectivity index (χ0v) is 16.5. The van der Waals surface area contributed by atoms with Crippen LogP contribution in [0.2, 0.25) is 0 Å². The largest absolute Gasteiger partial charge is 0.319 e. The van der Waals surface area contributed by atoms with Crippen LogP contribution in [0.1, 0.15) is 23.2 Å². The van der Waals surface area contributed by atoms with E-state index >= 15 is 0 Å². The van der Waals surface area contributed by atoms with Gasteiger partial charge in [-0.05, 0) is 43.2 Å². The first-order valence-electron chi connectivity index (χ1n) is 8.71. The van der Waals surface area contributed by atoms with E-state index in [9.17, 15) is 13.2 Å². The van der Waals surface area contributed by atoms with Gasteiger partial charge in [0.25, 0.3) is 5.91 Å². The van der Waals surface area contributed by atoms with Gasteiger partial charge in [-0.3, -0.25) is 4.79 Å². The smallest absolute Gasteiger partial charge is 0.279 e. The van der Waals surface area contributed by atoms with Crippen molar-refractivity contribution >= 4 is 37.5 Å². The molecule has 2 heterocycles. The van der Waals surface area contributed by atoms with E-state index in [2.05, 4.69) is 4.99 Å². The SMILES string of the molecule is Cn1c(=NC(=O)c2cccc(S(=O)(=O)N3CCCC3)c2)sc2ccccc21. The number of nitrogens with zero attached hydrogens (tertiary/aromatic N) is 3. The van der Waals surface area contributed by atoms with Gasteiger partial charge < -0.3 is 4.57 Å². The van der Waals surface area contributed by atoms with Crippen LogP contribution in [0.15, 0.2) is 58.4 Å². The summed E-state index contributed by atoms with van der Waals surface area (Å²) in [5.41, 5.74) is 1.27. The summed E-state index contributed by atoms with van der Waals surface area (Å²) in [7, 11) is -1.70. The van der Waals surface area contributed by atoms with Crippen molar-refractivity contribution in [1.82, 2.24) is 8.87 Å². The first-order valence-corrected chi connectivity index (χ1v) is 11.0. The van der Waals surface area contributed by atoms with Crippen LogP contribution in [0.3, 0.4) is 0 Å². The molecular formula is C19H19N3O3S2. The maximum atomic E-state index is 12.7. The molecule has 0 saturated carbocycles. The van der Waals surface area contributed by atoms with E-state index in [-0.39, 0.29) is 10.5 Å². The summed E-state index contributed by atoms with van der Waals surface area (Å²) in [6, 6.07) is 14.0. The molecule has 6 nitrogen and oxygen atoms in total. The highest BCUT2D eigenvalue weighted by Gasteiger charge is 2.27. The van der Waals surface area contributed by atoms with Crippen molar-refractivity contribution < 1.29 is 13.2 Å². The number of carbonyl (C=O) groups is 1. The molecule has 1 saturated heterocycles. The van der Waals surface area contributed by atoms with Crippen molar-refractivity contribution in [3.63, 3.8) is 0 Å². The molecule has 0 aliphatic carbocycles. The monoisotopic (exact) mass is 401 g/mol. The number of fused-ring (bicyclic) bond motifs is 1. The number of benzene rings is 2. The Hall–Kier alpha value is -2.29. The van der Waals surface area contributed by atoms with E-state index in [1.165, 1.54) is 27.8 Å². The predicted octanol–water partition coefficient (Wildman–Crippen LogP) is 2.77. The summed E-state index contributed by atoms with van der Waals surface area (Å²) < 4.78 is 29.8. The summed E-state index contributed by atoms with van der Waals surface area (Å²) in [5.74, 6) is -0.448. The molecule has 3 aromatic rings. The molecule has 0 atom stereocenters. The Kier molecular flexibility index (Phi) is 4.71. The second-order valence-electron chi connectivity index (χ2n) is 6.47. The van der Waals surface area contributed by atoms with Gasteiger partial charge in [-0.25, -0.2) is 8.42 Å². The van der Waals surface area contributed by atoms with Gasteiger partial charge in [0.05, 0.1) is 15.1 Å². The Bertz CT molecular complexity index is 1190. The van der Waals surface area contributed by atoms with Crippen molar-refractivity contribution in [2.45, 2.75) is 17.7 Å². The molecule has 0 radical (unpaired) electrons. The van der Waals surface area contributed by atoms with E-state index in [4.69, 9.17) is 0 Å². The quantitative estimate of drug-likeness (QED) is 0.677. The third-order valence-electron chi connectivity index (χ3n) is 4.70. The van der Waals surface area contributed by atoms with Crippen molar-refractivity contribution in [2.24, 2.45) is 12.0 Å². The van der Waals surface area contributed by atoms with Gasteiger partial charge in [0.1, 0.15) is 0 Å². The molecule has 1 fully saturated rings. The standard InChI is InChI=1S/C19H19N3O3S2/c1-21-16-9-2-3-10-17(16)26-19(21)20-18(23)14-7-6-8-15(13-14)27(24,25)22-11-4-5-12-22/h2-3,6-10,13H,4-5,11-12H2,1H3. The summed E-state index contributed by atoms with van der Waals surface area (Å²) in [6.45, 7) is 1.06. The molecule has 2 aromatic carbocycles.